The van der Waals surface area contributed by atoms with Crippen LogP contribution in [-0.2, 0) is 11.2 Å². The van der Waals surface area contributed by atoms with E-state index in [0.29, 0.717) is 18.0 Å². The van der Waals surface area contributed by atoms with Crippen LogP contribution in [0.3, 0.4) is 0 Å². The lowest BCUT2D eigenvalue weighted by atomic mass is 10.2. The molecule has 0 radical (unpaired) electrons. The SMILES string of the molecule is CCCc1cc(-c2nc(C)c(C(=O)NCCOC)s2)ccn1. The Bertz CT molecular complexity index is 640. The van der Waals surface area contributed by atoms with Gasteiger partial charge in [-0.1, -0.05) is 13.3 Å². The van der Waals surface area contributed by atoms with Gasteiger partial charge in [0.1, 0.15) is 9.88 Å². The van der Waals surface area contributed by atoms with Crippen LogP contribution in [0, 0.1) is 6.92 Å². The zero-order valence-corrected chi connectivity index (χ0v) is 14.0. The maximum absolute atomic E-state index is 12.1. The van der Waals surface area contributed by atoms with Gasteiger partial charge in [0.15, 0.2) is 0 Å². The van der Waals surface area contributed by atoms with Crippen molar-refractivity contribution >= 4 is 17.2 Å². The number of thiazole rings is 1. The summed E-state index contributed by atoms with van der Waals surface area (Å²) in [5.74, 6) is -0.0962. The first kappa shape index (κ1) is 16.6. The van der Waals surface area contributed by atoms with Crippen LogP contribution in [0.2, 0.25) is 0 Å². The Labute approximate surface area is 134 Å². The lowest BCUT2D eigenvalue weighted by Crippen LogP contribution is -2.26. The molecule has 22 heavy (non-hydrogen) atoms. The molecule has 0 spiro atoms. The number of ether oxygens (including phenoxy) is 1. The number of rotatable bonds is 7. The highest BCUT2D eigenvalue weighted by molar-refractivity contribution is 7.17. The second-order valence-corrected chi connectivity index (χ2v) is 5.97. The summed E-state index contributed by atoms with van der Waals surface area (Å²) >= 11 is 1.41. The molecule has 5 nitrogen and oxygen atoms in total. The van der Waals surface area contributed by atoms with Crippen LogP contribution < -0.4 is 5.32 Å². The molecule has 0 saturated heterocycles. The van der Waals surface area contributed by atoms with Crippen LogP contribution in [0.15, 0.2) is 18.3 Å². The van der Waals surface area contributed by atoms with Gasteiger partial charge in [-0.2, -0.15) is 0 Å². The van der Waals surface area contributed by atoms with Gasteiger partial charge in [0, 0.05) is 31.1 Å². The number of hydrogen-bond acceptors (Lipinski definition) is 5. The monoisotopic (exact) mass is 319 g/mol. The molecule has 2 aromatic heterocycles. The second kappa shape index (κ2) is 8.00. The summed E-state index contributed by atoms with van der Waals surface area (Å²) in [4.78, 5) is 21.7. The maximum atomic E-state index is 12.1. The zero-order valence-electron chi connectivity index (χ0n) is 13.2. The molecule has 0 aromatic carbocycles. The number of amides is 1. The van der Waals surface area contributed by atoms with Gasteiger partial charge < -0.3 is 10.1 Å². The number of methoxy groups -OCH3 is 1. The van der Waals surface area contributed by atoms with Gasteiger partial charge in [0.25, 0.3) is 5.91 Å². The van der Waals surface area contributed by atoms with Gasteiger partial charge in [0.2, 0.25) is 0 Å². The van der Waals surface area contributed by atoms with Gasteiger partial charge in [-0.15, -0.1) is 11.3 Å². The van der Waals surface area contributed by atoms with Gasteiger partial charge in [0.05, 0.1) is 12.3 Å². The molecule has 0 saturated carbocycles. The predicted molar refractivity (Wildman–Crippen MR) is 88.3 cm³/mol. The average molecular weight is 319 g/mol. The summed E-state index contributed by atoms with van der Waals surface area (Å²) in [6, 6.07) is 3.98. The number of nitrogens with one attached hydrogen (secondary N) is 1. The highest BCUT2D eigenvalue weighted by Gasteiger charge is 2.16. The van der Waals surface area contributed by atoms with Crippen LogP contribution in [-0.4, -0.2) is 36.1 Å². The van der Waals surface area contributed by atoms with Crippen molar-refractivity contribution in [2.24, 2.45) is 0 Å². The minimum absolute atomic E-state index is 0.0962. The Morgan fingerprint density at radius 2 is 2.27 bits per heavy atom. The largest absolute Gasteiger partial charge is 0.383 e. The number of carbonyl (C=O) groups is 1. The molecule has 2 rings (SSSR count). The molecule has 2 aromatic rings. The normalized spacial score (nSPS) is 10.7. The van der Waals surface area contributed by atoms with E-state index in [1.165, 1.54) is 11.3 Å². The Morgan fingerprint density at radius 3 is 3.00 bits per heavy atom. The molecule has 2 heterocycles. The number of nitrogens with zero attached hydrogens (tertiary/aromatic N) is 2. The predicted octanol–water partition coefficient (Wildman–Crippen LogP) is 2.84. The van der Waals surface area contributed by atoms with Crippen LogP contribution in [0.4, 0.5) is 0 Å². The third-order valence-electron chi connectivity index (χ3n) is 3.16. The Morgan fingerprint density at radius 1 is 1.45 bits per heavy atom. The standard InChI is InChI=1S/C16H21N3O2S/c1-4-5-13-10-12(6-7-17-13)16-19-11(2)14(22-16)15(20)18-8-9-21-3/h6-7,10H,4-5,8-9H2,1-3H3,(H,18,20). The molecule has 6 heteroatoms. The average Bonchev–Trinajstić information content (AvgIpc) is 2.90. The van der Waals surface area contributed by atoms with E-state index >= 15 is 0 Å². The molecule has 0 bridgehead atoms. The quantitative estimate of drug-likeness (QED) is 0.797. The smallest absolute Gasteiger partial charge is 0.263 e. The summed E-state index contributed by atoms with van der Waals surface area (Å²) in [6.07, 6.45) is 3.80. The lowest BCUT2D eigenvalue weighted by Gasteiger charge is -2.02. The first-order valence-corrected chi connectivity index (χ1v) is 8.17. The third kappa shape index (κ3) is 4.11. The Kier molecular flexibility index (Phi) is 6.03. The Hall–Kier alpha value is -1.79. The summed E-state index contributed by atoms with van der Waals surface area (Å²) in [5, 5.41) is 3.69. The fourth-order valence-electron chi connectivity index (χ4n) is 2.08. The van der Waals surface area contributed by atoms with E-state index in [1.54, 1.807) is 13.3 Å². The van der Waals surface area contributed by atoms with Crippen molar-refractivity contribution in [3.8, 4) is 10.6 Å². The topological polar surface area (TPSA) is 64.1 Å². The van der Waals surface area contributed by atoms with Crippen LogP contribution in [0.25, 0.3) is 10.6 Å². The molecule has 1 amide bonds. The fourth-order valence-corrected chi connectivity index (χ4v) is 3.06. The minimum Gasteiger partial charge on any atom is -0.383 e. The third-order valence-corrected chi connectivity index (χ3v) is 4.37. The molecule has 0 fully saturated rings. The summed E-state index contributed by atoms with van der Waals surface area (Å²) in [5.41, 5.74) is 2.82. The van der Waals surface area contributed by atoms with E-state index in [0.717, 1.165) is 34.8 Å². The number of hydrogen-bond donors (Lipinski definition) is 1. The van der Waals surface area contributed by atoms with E-state index < -0.39 is 0 Å². The van der Waals surface area contributed by atoms with E-state index in [-0.39, 0.29) is 5.91 Å². The molecule has 0 aliphatic heterocycles. The summed E-state index contributed by atoms with van der Waals surface area (Å²) in [7, 11) is 1.61. The second-order valence-electron chi connectivity index (χ2n) is 4.97. The number of pyridine rings is 1. The van der Waals surface area contributed by atoms with Crippen LogP contribution >= 0.6 is 11.3 Å². The molecular weight excluding hydrogens is 298 g/mol. The van der Waals surface area contributed by atoms with Crippen LogP contribution in [0.1, 0.15) is 34.4 Å². The maximum Gasteiger partial charge on any atom is 0.263 e. The summed E-state index contributed by atoms with van der Waals surface area (Å²) < 4.78 is 4.94. The molecular formula is C16H21N3O2S. The molecule has 0 atom stereocenters. The first-order chi connectivity index (χ1) is 10.7. The van der Waals surface area contributed by atoms with E-state index in [1.807, 2.05) is 19.1 Å². The van der Waals surface area contributed by atoms with Crippen molar-refractivity contribution in [3.63, 3.8) is 0 Å². The number of aromatic nitrogens is 2. The lowest BCUT2D eigenvalue weighted by molar-refractivity contribution is 0.0940. The molecule has 0 unspecified atom stereocenters. The van der Waals surface area contributed by atoms with E-state index in [4.69, 9.17) is 4.74 Å². The van der Waals surface area contributed by atoms with Crippen molar-refractivity contribution in [3.05, 3.63) is 34.6 Å². The fraction of sp³-hybridized carbons (Fsp3) is 0.438. The van der Waals surface area contributed by atoms with Gasteiger partial charge in [-0.05, 0) is 25.5 Å². The Balaban J connectivity index is 2.18. The van der Waals surface area contributed by atoms with E-state index in [2.05, 4.69) is 22.2 Å². The molecule has 0 aliphatic rings. The highest BCUT2D eigenvalue weighted by Crippen LogP contribution is 2.28. The molecule has 0 aliphatic carbocycles. The number of aryl methyl sites for hydroxylation is 2. The minimum atomic E-state index is -0.0962. The van der Waals surface area contributed by atoms with Gasteiger partial charge in [-0.3, -0.25) is 9.78 Å². The summed E-state index contributed by atoms with van der Waals surface area (Å²) in [6.45, 7) is 4.99. The molecule has 118 valence electrons. The van der Waals surface area contributed by atoms with Gasteiger partial charge >= 0.3 is 0 Å². The van der Waals surface area contributed by atoms with Crippen molar-refractivity contribution < 1.29 is 9.53 Å². The zero-order chi connectivity index (χ0) is 15.9. The molecule has 1 N–H and O–H groups in total. The van der Waals surface area contributed by atoms with Gasteiger partial charge in [-0.25, -0.2) is 4.98 Å². The van der Waals surface area contributed by atoms with Crippen molar-refractivity contribution in [2.45, 2.75) is 26.7 Å². The highest BCUT2D eigenvalue weighted by atomic mass is 32.1. The van der Waals surface area contributed by atoms with Crippen molar-refractivity contribution in [1.29, 1.82) is 0 Å². The number of carbonyl (C=O) groups excluding carboxylic acids is 1. The first-order valence-electron chi connectivity index (χ1n) is 7.35. The van der Waals surface area contributed by atoms with Crippen LogP contribution in [0.5, 0.6) is 0 Å². The van der Waals surface area contributed by atoms with E-state index in [9.17, 15) is 4.79 Å². The van der Waals surface area contributed by atoms with Crippen molar-refractivity contribution in [1.82, 2.24) is 15.3 Å². The van der Waals surface area contributed by atoms with Crippen molar-refractivity contribution in [2.75, 3.05) is 20.3 Å².